The maximum absolute atomic E-state index is 13.6. The van der Waals surface area contributed by atoms with E-state index in [0.29, 0.717) is 47.9 Å². The molecule has 1 aliphatic heterocycles. The number of hydrogen-bond acceptors (Lipinski definition) is 6. The number of rotatable bonds is 4. The van der Waals surface area contributed by atoms with Crippen molar-refractivity contribution in [2.75, 3.05) is 18.8 Å². The van der Waals surface area contributed by atoms with E-state index in [-0.39, 0.29) is 29.3 Å². The number of benzene rings is 2. The van der Waals surface area contributed by atoms with E-state index in [1.165, 1.54) is 35.2 Å². The number of halogens is 1. The molecular weight excluding hydrogens is 451 g/mol. The summed E-state index contributed by atoms with van der Waals surface area (Å²) in [6, 6.07) is 12.3. The van der Waals surface area contributed by atoms with Gasteiger partial charge in [0.1, 0.15) is 29.2 Å². The second kappa shape index (κ2) is 8.95. The predicted molar refractivity (Wildman–Crippen MR) is 128 cm³/mol. The fourth-order valence-corrected chi connectivity index (χ4v) is 4.26. The number of anilines is 1. The van der Waals surface area contributed by atoms with E-state index in [1.807, 2.05) is 0 Å². The summed E-state index contributed by atoms with van der Waals surface area (Å²) in [5, 5.41) is 0. The molecule has 5 rings (SSSR count). The van der Waals surface area contributed by atoms with Gasteiger partial charge < -0.3 is 15.4 Å². The highest BCUT2D eigenvalue weighted by atomic mass is 19.1. The van der Waals surface area contributed by atoms with Gasteiger partial charge in [0.15, 0.2) is 11.5 Å². The van der Waals surface area contributed by atoms with E-state index in [2.05, 4.69) is 21.8 Å². The maximum Gasteiger partial charge on any atom is 0.335 e. The van der Waals surface area contributed by atoms with Crippen molar-refractivity contribution < 1.29 is 13.9 Å². The van der Waals surface area contributed by atoms with Crippen LogP contribution in [0.2, 0.25) is 0 Å². The molecule has 4 aromatic rings. The number of carbonyl (C=O) groups excluding carboxylic acids is 1. The molecule has 0 spiro atoms. The number of amides is 1. The Kier molecular flexibility index (Phi) is 5.66. The van der Waals surface area contributed by atoms with Crippen LogP contribution >= 0.6 is 0 Å². The molecule has 1 aliphatic rings. The summed E-state index contributed by atoms with van der Waals surface area (Å²) in [5.74, 6) is 5.71. The van der Waals surface area contributed by atoms with Crippen LogP contribution < -0.4 is 16.2 Å². The molecule has 2 aromatic carbocycles. The Bertz CT molecular complexity index is 1530. The van der Waals surface area contributed by atoms with Gasteiger partial charge in [0.05, 0.1) is 11.7 Å². The Morgan fingerprint density at radius 1 is 1.11 bits per heavy atom. The zero-order valence-electron chi connectivity index (χ0n) is 18.8. The van der Waals surface area contributed by atoms with Gasteiger partial charge in [0.25, 0.3) is 5.91 Å². The highest BCUT2D eigenvalue weighted by Gasteiger charge is 2.31. The minimum absolute atomic E-state index is 0.167. The number of likely N-dealkylation sites (tertiary alicyclic amines) is 1. The molecule has 1 fully saturated rings. The van der Waals surface area contributed by atoms with Crippen molar-refractivity contribution in [3.8, 4) is 29.0 Å². The van der Waals surface area contributed by atoms with Crippen molar-refractivity contribution in [1.29, 1.82) is 0 Å². The molecule has 1 saturated heterocycles. The zero-order valence-corrected chi connectivity index (χ0v) is 18.8. The average molecular weight is 472 g/mol. The van der Waals surface area contributed by atoms with Gasteiger partial charge in [-0.05, 0) is 67.8 Å². The zero-order chi connectivity index (χ0) is 24.5. The number of carbonyl (C=O) groups is 1. The summed E-state index contributed by atoms with van der Waals surface area (Å²) in [6.07, 6.45) is 1.91. The minimum Gasteiger partial charge on any atom is -0.457 e. The van der Waals surface area contributed by atoms with E-state index in [9.17, 15) is 14.0 Å². The lowest BCUT2D eigenvalue weighted by atomic mass is 10.2. The van der Waals surface area contributed by atoms with Crippen LogP contribution in [0.5, 0.6) is 11.5 Å². The maximum atomic E-state index is 13.6. The summed E-state index contributed by atoms with van der Waals surface area (Å²) in [4.78, 5) is 35.9. The van der Waals surface area contributed by atoms with Crippen LogP contribution in [-0.4, -0.2) is 43.0 Å². The topological polar surface area (TPSA) is 108 Å². The van der Waals surface area contributed by atoms with Crippen LogP contribution in [0.3, 0.4) is 0 Å². The summed E-state index contributed by atoms with van der Waals surface area (Å²) >= 11 is 0. The number of nitrogens with two attached hydrogens (primary N) is 1. The summed E-state index contributed by atoms with van der Waals surface area (Å²) in [5.41, 5.74) is 7.18. The Morgan fingerprint density at radius 3 is 2.49 bits per heavy atom. The number of fused-ring (bicyclic) bond motifs is 1. The molecule has 0 aliphatic carbocycles. The van der Waals surface area contributed by atoms with Crippen molar-refractivity contribution in [1.82, 2.24) is 24.0 Å². The van der Waals surface area contributed by atoms with Crippen LogP contribution in [0.1, 0.15) is 19.4 Å². The third-order valence-corrected chi connectivity index (χ3v) is 5.87. The third kappa shape index (κ3) is 4.08. The molecule has 176 valence electrons. The van der Waals surface area contributed by atoms with Crippen LogP contribution in [-0.2, 0) is 4.79 Å². The molecule has 1 atom stereocenters. The smallest absolute Gasteiger partial charge is 0.335 e. The van der Waals surface area contributed by atoms with Gasteiger partial charge in [-0.15, -0.1) is 0 Å². The normalized spacial score (nSPS) is 15.1. The molecule has 10 heteroatoms. The molecule has 0 radical (unpaired) electrons. The Balaban J connectivity index is 1.52. The van der Waals surface area contributed by atoms with E-state index >= 15 is 0 Å². The number of nitrogens with zero attached hydrogens (tertiary/aromatic N) is 5. The van der Waals surface area contributed by atoms with Crippen molar-refractivity contribution in [3.05, 3.63) is 71.2 Å². The molecule has 35 heavy (non-hydrogen) atoms. The summed E-state index contributed by atoms with van der Waals surface area (Å²) in [6.45, 7) is 2.45. The van der Waals surface area contributed by atoms with E-state index < -0.39 is 0 Å². The van der Waals surface area contributed by atoms with Gasteiger partial charge in [-0.25, -0.2) is 19.2 Å². The molecule has 0 bridgehead atoms. The lowest BCUT2D eigenvalue weighted by molar-refractivity contribution is -0.124. The number of hydrogen-bond donors (Lipinski definition) is 1. The lowest BCUT2D eigenvalue weighted by Crippen LogP contribution is -2.31. The third-order valence-electron chi connectivity index (χ3n) is 5.87. The van der Waals surface area contributed by atoms with Gasteiger partial charge in [-0.2, -0.15) is 0 Å². The molecule has 0 saturated carbocycles. The molecule has 3 heterocycles. The van der Waals surface area contributed by atoms with E-state index in [4.69, 9.17) is 10.5 Å². The van der Waals surface area contributed by atoms with Crippen molar-refractivity contribution >= 4 is 22.9 Å². The van der Waals surface area contributed by atoms with Gasteiger partial charge in [0.2, 0.25) is 0 Å². The minimum atomic E-state index is -0.351. The highest BCUT2D eigenvalue weighted by molar-refractivity contribution is 5.93. The molecule has 2 N–H and O–H groups in total. The molecular formula is C25H21FN6O3. The van der Waals surface area contributed by atoms with Gasteiger partial charge >= 0.3 is 5.69 Å². The largest absolute Gasteiger partial charge is 0.457 e. The van der Waals surface area contributed by atoms with Gasteiger partial charge in [-0.3, -0.25) is 13.9 Å². The second-order valence-electron chi connectivity index (χ2n) is 8.04. The van der Waals surface area contributed by atoms with Crippen molar-refractivity contribution in [2.45, 2.75) is 19.4 Å². The first kappa shape index (κ1) is 22.2. The monoisotopic (exact) mass is 472 g/mol. The molecule has 1 amide bonds. The first-order chi connectivity index (χ1) is 17.0. The first-order valence-corrected chi connectivity index (χ1v) is 10.9. The van der Waals surface area contributed by atoms with E-state index in [0.717, 1.165) is 0 Å². The standard InChI is InChI=1S/C25H21FN6O3/c1-2-3-21(33)30-13-12-18(14-30)32-24-22(23(27)28-15-29-24)31(25(32)34)17-6-10-20(11-7-17)35-19-8-4-16(26)5-9-19/h4-11,15,18H,12-14H2,1H3,(H2,27,28,29)/t18-/m1/s1. The average Bonchev–Trinajstić information content (AvgIpc) is 3.44. The van der Waals surface area contributed by atoms with Crippen molar-refractivity contribution in [2.24, 2.45) is 0 Å². The molecule has 9 nitrogen and oxygen atoms in total. The Morgan fingerprint density at radius 2 is 1.80 bits per heavy atom. The van der Waals surface area contributed by atoms with Gasteiger partial charge in [-0.1, -0.05) is 5.92 Å². The van der Waals surface area contributed by atoms with Gasteiger partial charge in [0, 0.05) is 13.1 Å². The second-order valence-corrected chi connectivity index (χ2v) is 8.04. The summed E-state index contributed by atoms with van der Waals surface area (Å²) < 4.78 is 21.9. The van der Waals surface area contributed by atoms with E-state index in [1.54, 1.807) is 40.7 Å². The first-order valence-electron chi connectivity index (χ1n) is 10.9. The fourth-order valence-electron chi connectivity index (χ4n) is 4.26. The highest BCUT2D eigenvalue weighted by Crippen LogP contribution is 2.28. The van der Waals surface area contributed by atoms with Crippen LogP contribution in [0.4, 0.5) is 10.2 Å². The predicted octanol–water partition coefficient (Wildman–Crippen LogP) is 2.89. The Hall–Kier alpha value is -4.65. The molecule has 2 aromatic heterocycles. The fraction of sp³-hybridized carbons (Fsp3) is 0.200. The number of ether oxygens (including phenoxy) is 1. The van der Waals surface area contributed by atoms with Crippen LogP contribution in [0, 0.1) is 17.7 Å². The number of imidazole rings is 1. The Labute approximate surface area is 199 Å². The quantitative estimate of drug-likeness (QED) is 0.458. The lowest BCUT2D eigenvalue weighted by Gasteiger charge is -2.14. The number of nitrogen functional groups attached to an aromatic ring is 1. The van der Waals surface area contributed by atoms with Crippen molar-refractivity contribution in [3.63, 3.8) is 0 Å². The SMILES string of the molecule is CC#CC(=O)N1CC[C@@H](n2c(=O)n(-c3ccc(Oc4ccc(F)cc4)cc3)c3c(N)ncnc32)C1. The summed E-state index contributed by atoms with van der Waals surface area (Å²) in [7, 11) is 0. The van der Waals surface area contributed by atoms with Crippen LogP contribution in [0.25, 0.3) is 16.9 Å². The number of aromatic nitrogens is 4. The van der Waals surface area contributed by atoms with Crippen LogP contribution in [0.15, 0.2) is 59.7 Å². The molecule has 0 unspecified atom stereocenters.